The Morgan fingerprint density at radius 3 is 2.65 bits per heavy atom. The van der Waals surface area contributed by atoms with E-state index in [0.717, 1.165) is 6.42 Å². The Morgan fingerprint density at radius 2 is 2.00 bits per heavy atom. The van der Waals surface area contributed by atoms with E-state index >= 15 is 0 Å². The molecular formula is C15H27B2N3. The zero-order valence-electron chi connectivity index (χ0n) is 13.7. The molecule has 0 bridgehead atoms. The zero-order valence-corrected chi connectivity index (χ0v) is 13.7. The molecule has 0 spiro atoms. The van der Waals surface area contributed by atoms with Crippen LogP contribution < -0.4 is 0 Å². The summed E-state index contributed by atoms with van der Waals surface area (Å²) in [6, 6.07) is 0. The Morgan fingerprint density at radius 1 is 1.25 bits per heavy atom. The summed E-state index contributed by atoms with van der Waals surface area (Å²) in [7, 11) is 4.53. The minimum atomic E-state index is 0.187. The Bertz CT molecular complexity index is 442. The van der Waals surface area contributed by atoms with Crippen molar-refractivity contribution in [1.29, 1.82) is 0 Å². The maximum Gasteiger partial charge on any atom is 0.139 e. The molecule has 20 heavy (non-hydrogen) atoms. The summed E-state index contributed by atoms with van der Waals surface area (Å²) in [6.07, 6.45) is 6.25. The van der Waals surface area contributed by atoms with Crippen molar-refractivity contribution in [3.8, 4) is 0 Å². The molecule has 0 saturated carbocycles. The van der Waals surface area contributed by atoms with Crippen molar-refractivity contribution < 1.29 is 0 Å². The van der Waals surface area contributed by atoms with Gasteiger partial charge in [0, 0.05) is 11.9 Å². The minimum Gasteiger partial charge on any atom is -0.255 e. The molecule has 0 N–H and O–H groups in total. The summed E-state index contributed by atoms with van der Waals surface area (Å²) in [5, 5.41) is 9.25. The molecule has 0 fully saturated rings. The summed E-state index contributed by atoms with van der Waals surface area (Å²) in [5.74, 6) is 0.834. The van der Waals surface area contributed by atoms with Crippen molar-refractivity contribution >= 4 is 14.6 Å². The van der Waals surface area contributed by atoms with Crippen LogP contribution in [-0.2, 0) is 6.42 Å². The molecule has 1 aliphatic rings. The first-order valence-corrected chi connectivity index (χ1v) is 8.05. The topological polar surface area (TPSA) is 30.7 Å². The number of hydrogen-bond donors (Lipinski definition) is 0. The van der Waals surface area contributed by atoms with E-state index in [1.807, 2.05) is 0 Å². The summed E-state index contributed by atoms with van der Waals surface area (Å²) >= 11 is 0. The summed E-state index contributed by atoms with van der Waals surface area (Å²) in [5.41, 5.74) is 2.62. The minimum absolute atomic E-state index is 0.187. The van der Waals surface area contributed by atoms with E-state index in [9.17, 15) is 0 Å². The third-order valence-corrected chi connectivity index (χ3v) is 5.07. The van der Waals surface area contributed by atoms with Crippen LogP contribution in [0.1, 0.15) is 69.7 Å². The van der Waals surface area contributed by atoms with Gasteiger partial charge in [-0.05, 0) is 19.3 Å². The average molecular weight is 271 g/mol. The highest BCUT2D eigenvalue weighted by Crippen LogP contribution is 2.45. The quantitative estimate of drug-likeness (QED) is 0.781. The summed E-state index contributed by atoms with van der Waals surface area (Å²) in [4.78, 5) is 0. The number of hydrogen-bond acceptors (Lipinski definition) is 2. The maximum absolute atomic E-state index is 4.60. The zero-order chi connectivity index (χ0) is 14.8. The first-order chi connectivity index (χ1) is 9.51. The van der Waals surface area contributed by atoms with E-state index in [1.54, 1.807) is 0 Å². The van der Waals surface area contributed by atoms with Crippen molar-refractivity contribution in [2.75, 3.05) is 0 Å². The van der Waals surface area contributed by atoms with Gasteiger partial charge in [0.05, 0.1) is 11.4 Å². The largest absolute Gasteiger partial charge is 0.255 e. The van der Waals surface area contributed by atoms with E-state index < -0.39 is 0 Å². The van der Waals surface area contributed by atoms with Crippen molar-refractivity contribution in [2.45, 2.75) is 83.7 Å². The van der Waals surface area contributed by atoms with Gasteiger partial charge in [-0.25, -0.2) is 0 Å². The first-order valence-electron chi connectivity index (χ1n) is 8.05. The first kappa shape index (κ1) is 15.7. The molecule has 1 aromatic heterocycles. The van der Waals surface area contributed by atoms with Crippen LogP contribution in [0.5, 0.6) is 0 Å². The molecule has 2 radical (unpaired) electrons. The van der Waals surface area contributed by atoms with Crippen LogP contribution in [0, 0.1) is 0 Å². The van der Waals surface area contributed by atoms with Gasteiger partial charge in [-0.2, -0.15) is 0 Å². The molecule has 0 aromatic carbocycles. The van der Waals surface area contributed by atoms with Gasteiger partial charge >= 0.3 is 0 Å². The number of aromatic nitrogens is 3. The van der Waals surface area contributed by atoms with Crippen LogP contribution >= 0.6 is 0 Å². The van der Waals surface area contributed by atoms with Crippen molar-refractivity contribution in [1.82, 2.24) is 15.0 Å². The second-order valence-electron chi connectivity index (χ2n) is 6.70. The fraction of sp³-hybridized carbons (Fsp3) is 0.867. The van der Waals surface area contributed by atoms with Gasteiger partial charge in [0.2, 0.25) is 0 Å². The molecule has 0 aliphatic heterocycles. The Balaban J connectivity index is 2.43. The monoisotopic (exact) mass is 271 g/mol. The molecule has 108 valence electrons. The average Bonchev–Trinajstić information content (AvgIpc) is 2.80. The lowest BCUT2D eigenvalue weighted by molar-refractivity contribution is 0.433. The van der Waals surface area contributed by atoms with E-state index in [-0.39, 0.29) is 5.31 Å². The van der Waals surface area contributed by atoms with E-state index in [4.69, 9.17) is 0 Å². The van der Waals surface area contributed by atoms with Crippen molar-refractivity contribution in [2.24, 2.45) is 0 Å². The van der Waals surface area contributed by atoms with Crippen molar-refractivity contribution in [3.63, 3.8) is 0 Å². The van der Waals surface area contributed by atoms with Gasteiger partial charge in [-0.15, -0.1) is 5.10 Å². The maximum atomic E-state index is 4.60. The number of nitrogens with zero attached hydrogens (tertiary/aromatic N) is 3. The smallest absolute Gasteiger partial charge is 0.139 e. The molecule has 0 amide bonds. The molecule has 1 unspecified atom stereocenters. The van der Waals surface area contributed by atoms with Crippen LogP contribution in [0.25, 0.3) is 0 Å². The van der Waals surface area contributed by atoms with Crippen LogP contribution in [-0.4, -0.2) is 29.6 Å². The van der Waals surface area contributed by atoms with E-state index in [0.29, 0.717) is 11.9 Å². The predicted octanol–water partition coefficient (Wildman–Crippen LogP) is 3.70. The van der Waals surface area contributed by atoms with Gasteiger partial charge in [-0.1, -0.05) is 57.8 Å². The lowest BCUT2D eigenvalue weighted by atomic mass is 9.49. The second-order valence-corrected chi connectivity index (χ2v) is 6.70. The van der Waals surface area contributed by atoms with Crippen LogP contribution in [0.2, 0.25) is 19.0 Å². The van der Waals surface area contributed by atoms with Crippen LogP contribution in [0.15, 0.2) is 0 Å². The Labute approximate surface area is 125 Å². The summed E-state index contributed by atoms with van der Waals surface area (Å²) in [6.45, 7) is 11.1. The third-order valence-electron chi connectivity index (χ3n) is 5.07. The molecule has 5 heteroatoms. The van der Waals surface area contributed by atoms with Gasteiger partial charge in [0.25, 0.3) is 0 Å². The highest BCUT2D eigenvalue weighted by atomic mass is 15.4. The highest BCUT2D eigenvalue weighted by molar-refractivity contribution is 6.38. The lowest BCUT2D eigenvalue weighted by Gasteiger charge is -2.34. The normalized spacial score (nSPS) is 21.6. The molecule has 0 saturated heterocycles. The number of rotatable bonds is 4. The third kappa shape index (κ3) is 2.96. The van der Waals surface area contributed by atoms with Gasteiger partial charge in [-0.3, -0.25) is 4.68 Å². The van der Waals surface area contributed by atoms with E-state index in [2.05, 4.69) is 64.0 Å². The summed E-state index contributed by atoms with van der Waals surface area (Å²) < 4.78 is 2.14. The Kier molecular flexibility index (Phi) is 4.98. The number of fused-ring (bicyclic) bond motifs is 1. The molecule has 1 aromatic rings. The van der Waals surface area contributed by atoms with Gasteiger partial charge in [0.1, 0.15) is 14.6 Å². The molecule has 2 atom stereocenters. The van der Waals surface area contributed by atoms with Crippen LogP contribution in [0.3, 0.4) is 0 Å². The highest BCUT2D eigenvalue weighted by Gasteiger charge is 2.34. The van der Waals surface area contributed by atoms with Gasteiger partial charge < -0.3 is 0 Å². The molecule has 3 nitrogen and oxygen atoms in total. The second kappa shape index (κ2) is 6.36. The standard InChI is InChI=1S/C15H27B2N3/c1-11(16-4)20-13-10-8-6-7-9-12(14(13)18-19-20)15(2,3)17-5/h11-12H,6-10H2,1-5H3/t11-,12?/m0/s1. The van der Waals surface area contributed by atoms with Crippen LogP contribution in [0.4, 0.5) is 0 Å². The predicted molar refractivity (Wildman–Crippen MR) is 86.9 cm³/mol. The molecule has 1 aliphatic carbocycles. The Hall–Kier alpha value is -0.730. The fourth-order valence-electron chi connectivity index (χ4n) is 3.19. The fourth-order valence-corrected chi connectivity index (χ4v) is 3.19. The lowest BCUT2D eigenvalue weighted by Crippen LogP contribution is -2.24. The molecular weight excluding hydrogens is 244 g/mol. The van der Waals surface area contributed by atoms with Crippen molar-refractivity contribution in [3.05, 3.63) is 11.4 Å². The molecule has 2 rings (SSSR count). The molecule has 1 heterocycles. The van der Waals surface area contributed by atoms with E-state index in [1.165, 1.54) is 37.1 Å². The SMILES string of the molecule is C[B][C@H](C)n1nnc2c1CCCCCC2C(C)(C)[B]C. The van der Waals surface area contributed by atoms with Gasteiger partial charge in [0.15, 0.2) is 0 Å².